The lowest BCUT2D eigenvalue weighted by molar-refractivity contribution is 0.256. The van der Waals surface area contributed by atoms with Gasteiger partial charge in [-0.15, -0.1) is 0 Å². The van der Waals surface area contributed by atoms with Crippen molar-refractivity contribution in [3.8, 4) is 11.3 Å². The van der Waals surface area contributed by atoms with Crippen LogP contribution < -0.4 is 10.2 Å². The number of nitrogens with one attached hydrogen (secondary N) is 1. The summed E-state index contributed by atoms with van der Waals surface area (Å²) in [5.41, 5.74) is 6.22. The smallest absolute Gasteiger partial charge is 0.208 e. The van der Waals surface area contributed by atoms with Crippen molar-refractivity contribution in [2.24, 2.45) is 0 Å². The van der Waals surface area contributed by atoms with Gasteiger partial charge in [0.15, 0.2) is 0 Å². The predicted molar refractivity (Wildman–Crippen MR) is 132 cm³/mol. The van der Waals surface area contributed by atoms with Gasteiger partial charge in [0.25, 0.3) is 0 Å². The zero-order chi connectivity index (χ0) is 22.3. The van der Waals surface area contributed by atoms with E-state index in [0.29, 0.717) is 6.54 Å². The molecular formula is C27H36N4O. The van der Waals surface area contributed by atoms with Crippen molar-refractivity contribution in [3.05, 3.63) is 71.3 Å². The fourth-order valence-electron chi connectivity index (χ4n) is 4.50. The lowest BCUT2D eigenvalue weighted by atomic mass is 10.1. The van der Waals surface area contributed by atoms with Crippen LogP contribution in [0, 0.1) is 13.8 Å². The zero-order valence-electron chi connectivity index (χ0n) is 19.7. The Morgan fingerprint density at radius 2 is 1.78 bits per heavy atom. The third-order valence-electron chi connectivity index (χ3n) is 6.21. The number of hydrogen-bond donors (Lipinski definition) is 1. The highest BCUT2D eigenvalue weighted by Gasteiger charge is 2.18. The standard InChI is InChI=1S/C27H36N4O/c1-4-8-25-27(23-9-6-5-7-10-23)29-26(32-25)20-28-13-14-30-15-17-31(18-16-30)24-12-11-21(2)19-22(24)3/h5-7,9-12,19,28H,4,8,13-18,20H2,1-3H3. The summed E-state index contributed by atoms with van der Waals surface area (Å²) in [7, 11) is 0. The monoisotopic (exact) mass is 432 g/mol. The molecule has 0 saturated carbocycles. The normalized spacial score (nSPS) is 14.8. The molecule has 0 amide bonds. The molecule has 3 aromatic rings. The average molecular weight is 433 g/mol. The Kier molecular flexibility index (Phi) is 7.61. The van der Waals surface area contributed by atoms with Crippen LogP contribution in [0.1, 0.15) is 36.1 Å². The van der Waals surface area contributed by atoms with Gasteiger partial charge < -0.3 is 14.6 Å². The van der Waals surface area contributed by atoms with Crippen LogP contribution in [0.15, 0.2) is 52.9 Å². The Bertz CT molecular complexity index is 990. The summed E-state index contributed by atoms with van der Waals surface area (Å²) < 4.78 is 6.09. The minimum absolute atomic E-state index is 0.673. The molecule has 0 aliphatic carbocycles. The molecule has 2 heterocycles. The van der Waals surface area contributed by atoms with E-state index in [1.807, 2.05) is 6.07 Å². The number of anilines is 1. The van der Waals surface area contributed by atoms with Crippen LogP contribution in [0.4, 0.5) is 5.69 Å². The Morgan fingerprint density at radius 3 is 2.50 bits per heavy atom. The van der Waals surface area contributed by atoms with Crippen molar-refractivity contribution in [3.63, 3.8) is 0 Å². The quantitative estimate of drug-likeness (QED) is 0.491. The summed E-state index contributed by atoms with van der Waals surface area (Å²) >= 11 is 0. The highest BCUT2D eigenvalue weighted by atomic mass is 16.4. The summed E-state index contributed by atoms with van der Waals surface area (Å²) in [4.78, 5) is 9.85. The minimum atomic E-state index is 0.673. The van der Waals surface area contributed by atoms with Gasteiger partial charge in [-0.3, -0.25) is 4.90 Å². The summed E-state index contributed by atoms with van der Waals surface area (Å²) in [6.07, 6.45) is 1.97. The fraction of sp³-hybridized carbons (Fsp3) is 0.444. The number of nitrogens with zero attached hydrogens (tertiary/aromatic N) is 3. The van der Waals surface area contributed by atoms with Crippen LogP contribution in [0.5, 0.6) is 0 Å². The third kappa shape index (κ3) is 5.59. The van der Waals surface area contributed by atoms with E-state index >= 15 is 0 Å². The Morgan fingerprint density at radius 1 is 1.00 bits per heavy atom. The Labute approximate surface area is 192 Å². The number of benzene rings is 2. The molecule has 1 aliphatic heterocycles. The van der Waals surface area contributed by atoms with Crippen LogP contribution in [0.25, 0.3) is 11.3 Å². The molecule has 1 fully saturated rings. The number of oxazole rings is 1. The number of aryl methyl sites for hydroxylation is 3. The summed E-state index contributed by atoms with van der Waals surface area (Å²) in [6.45, 7) is 13.6. The Hall–Kier alpha value is -2.63. The molecule has 4 rings (SSSR count). The molecule has 0 atom stereocenters. The van der Waals surface area contributed by atoms with E-state index in [1.54, 1.807) is 0 Å². The summed E-state index contributed by atoms with van der Waals surface area (Å²) in [6, 6.07) is 17.1. The van der Waals surface area contributed by atoms with E-state index in [2.05, 4.69) is 78.4 Å². The summed E-state index contributed by atoms with van der Waals surface area (Å²) in [5, 5.41) is 3.53. The van der Waals surface area contributed by atoms with Gasteiger partial charge in [-0.25, -0.2) is 4.98 Å². The predicted octanol–water partition coefficient (Wildman–Crippen LogP) is 4.82. The zero-order valence-corrected chi connectivity index (χ0v) is 19.7. The van der Waals surface area contributed by atoms with Crippen molar-refractivity contribution in [1.82, 2.24) is 15.2 Å². The van der Waals surface area contributed by atoms with Gasteiger partial charge in [-0.2, -0.15) is 0 Å². The maximum Gasteiger partial charge on any atom is 0.208 e. The van der Waals surface area contributed by atoms with Crippen molar-refractivity contribution >= 4 is 5.69 Å². The number of hydrogen-bond acceptors (Lipinski definition) is 5. The minimum Gasteiger partial charge on any atom is -0.444 e. The largest absolute Gasteiger partial charge is 0.444 e. The van der Waals surface area contributed by atoms with Gasteiger partial charge in [-0.05, 0) is 31.9 Å². The topological polar surface area (TPSA) is 44.5 Å². The van der Waals surface area contributed by atoms with Gasteiger partial charge >= 0.3 is 0 Å². The molecule has 1 saturated heterocycles. The molecule has 5 heteroatoms. The molecule has 5 nitrogen and oxygen atoms in total. The van der Waals surface area contributed by atoms with Crippen LogP contribution in [0.2, 0.25) is 0 Å². The van der Waals surface area contributed by atoms with Crippen LogP contribution >= 0.6 is 0 Å². The maximum absolute atomic E-state index is 6.09. The van der Waals surface area contributed by atoms with Gasteiger partial charge in [0.2, 0.25) is 5.89 Å². The molecule has 170 valence electrons. The fourth-order valence-corrected chi connectivity index (χ4v) is 4.50. The molecule has 2 aromatic carbocycles. The van der Waals surface area contributed by atoms with E-state index in [9.17, 15) is 0 Å². The van der Waals surface area contributed by atoms with E-state index < -0.39 is 0 Å². The van der Waals surface area contributed by atoms with E-state index in [-0.39, 0.29) is 0 Å². The highest BCUT2D eigenvalue weighted by Crippen LogP contribution is 2.25. The van der Waals surface area contributed by atoms with Crippen LogP contribution in [-0.4, -0.2) is 49.2 Å². The van der Waals surface area contributed by atoms with Crippen molar-refractivity contribution in [2.45, 2.75) is 40.2 Å². The molecule has 1 aromatic heterocycles. The van der Waals surface area contributed by atoms with Gasteiger partial charge in [0.1, 0.15) is 11.5 Å². The molecule has 0 radical (unpaired) electrons. The molecule has 0 unspecified atom stereocenters. The molecule has 1 N–H and O–H groups in total. The number of rotatable bonds is 9. The first kappa shape index (κ1) is 22.6. The molecule has 0 spiro atoms. The number of piperazine rings is 1. The first-order valence-electron chi connectivity index (χ1n) is 11.9. The van der Waals surface area contributed by atoms with Gasteiger partial charge in [-0.1, -0.05) is 55.0 Å². The molecule has 1 aliphatic rings. The molecular weight excluding hydrogens is 396 g/mol. The summed E-state index contributed by atoms with van der Waals surface area (Å²) in [5.74, 6) is 1.78. The second kappa shape index (κ2) is 10.8. The first-order chi connectivity index (χ1) is 15.6. The highest BCUT2D eigenvalue weighted by molar-refractivity contribution is 5.61. The van der Waals surface area contributed by atoms with E-state index in [0.717, 1.165) is 75.0 Å². The van der Waals surface area contributed by atoms with Crippen LogP contribution in [-0.2, 0) is 13.0 Å². The van der Waals surface area contributed by atoms with Crippen molar-refractivity contribution in [2.75, 3.05) is 44.2 Å². The SMILES string of the molecule is CCCc1oc(CNCCN2CCN(c3ccc(C)cc3C)CC2)nc1-c1ccccc1. The molecule has 0 bridgehead atoms. The Balaban J connectivity index is 1.24. The van der Waals surface area contributed by atoms with Crippen LogP contribution in [0.3, 0.4) is 0 Å². The van der Waals surface area contributed by atoms with E-state index in [4.69, 9.17) is 9.40 Å². The lowest BCUT2D eigenvalue weighted by Crippen LogP contribution is -2.48. The van der Waals surface area contributed by atoms with Gasteiger partial charge in [0.05, 0.1) is 6.54 Å². The van der Waals surface area contributed by atoms with Gasteiger partial charge in [0, 0.05) is 56.9 Å². The third-order valence-corrected chi connectivity index (χ3v) is 6.21. The second-order valence-corrected chi connectivity index (χ2v) is 8.79. The van der Waals surface area contributed by atoms with E-state index in [1.165, 1.54) is 16.8 Å². The number of aromatic nitrogens is 1. The van der Waals surface area contributed by atoms with Crippen molar-refractivity contribution in [1.29, 1.82) is 0 Å². The average Bonchev–Trinajstić information content (AvgIpc) is 3.21. The molecule has 32 heavy (non-hydrogen) atoms. The lowest BCUT2D eigenvalue weighted by Gasteiger charge is -2.37. The second-order valence-electron chi connectivity index (χ2n) is 8.79. The first-order valence-corrected chi connectivity index (χ1v) is 11.9. The van der Waals surface area contributed by atoms with Crippen molar-refractivity contribution < 1.29 is 4.42 Å². The maximum atomic E-state index is 6.09.